The summed E-state index contributed by atoms with van der Waals surface area (Å²) in [7, 11) is 4.90. The van der Waals surface area contributed by atoms with Crippen LogP contribution < -0.4 is 18.9 Å². The van der Waals surface area contributed by atoms with E-state index in [0.29, 0.717) is 23.2 Å². The van der Waals surface area contributed by atoms with Crippen molar-refractivity contribution in [3.05, 3.63) is 47.0 Å². The SMILES string of the molecule is COc1ccc(C2CC(=O)Oc3c(CCC(C)C)c(OC)cc(OC)c32)cc1. The topological polar surface area (TPSA) is 54.0 Å². The molecule has 0 bridgehead atoms. The third-order valence-electron chi connectivity index (χ3n) is 5.21. The number of carbonyl (C=O) groups is 1. The maximum Gasteiger partial charge on any atom is 0.312 e. The predicted molar refractivity (Wildman–Crippen MR) is 108 cm³/mol. The minimum Gasteiger partial charge on any atom is -0.497 e. The van der Waals surface area contributed by atoms with E-state index in [1.54, 1.807) is 21.3 Å². The fourth-order valence-electron chi connectivity index (χ4n) is 3.68. The second-order valence-corrected chi connectivity index (χ2v) is 7.44. The number of hydrogen-bond donors (Lipinski definition) is 0. The summed E-state index contributed by atoms with van der Waals surface area (Å²) in [6.07, 6.45) is 2.02. The molecule has 3 rings (SSSR count). The maximum atomic E-state index is 12.5. The summed E-state index contributed by atoms with van der Waals surface area (Å²) in [6.45, 7) is 4.35. The van der Waals surface area contributed by atoms with Crippen LogP contribution in [0.2, 0.25) is 0 Å². The molecular weight excluding hydrogens is 356 g/mol. The molecule has 5 nitrogen and oxygen atoms in total. The number of ether oxygens (including phenoxy) is 4. The van der Waals surface area contributed by atoms with Gasteiger partial charge in [0.25, 0.3) is 0 Å². The Morgan fingerprint density at radius 2 is 1.71 bits per heavy atom. The molecule has 150 valence electrons. The summed E-state index contributed by atoms with van der Waals surface area (Å²) < 4.78 is 22.3. The van der Waals surface area contributed by atoms with Gasteiger partial charge in [0.2, 0.25) is 0 Å². The normalized spacial score (nSPS) is 15.8. The van der Waals surface area contributed by atoms with E-state index in [1.165, 1.54) is 0 Å². The highest BCUT2D eigenvalue weighted by Gasteiger charge is 2.35. The van der Waals surface area contributed by atoms with Gasteiger partial charge < -0.3 is 18.9 Å². The van der Waals surface area contributed by atoms with Crippen LogP contribution in [0.4, 0.5) is 0 Å². The number of esters is 1. The number of hydrogen-bond acceptors (Lipinski definition) is 5. The summed E-state index contributed by atoms with van der Waals surface area (Å²) in [4.78, 5) is 12.5. The third kappa shape index (κ3) is 3.93. The molecule has 1 unspecified atom stereocenters. The zero-order valence-electron chi connectivity index (χ0n) is 17.2. The van der Waals surface area contributed by atoms with Crippen molar-refractivity contribution in [1.29, 1.82) is 0 Å². The largest absolute Gasteiger partial charge is 0.497 e. The molecule has 0 aromatic heterocycles. The molecule has 0 saturated heterocycles. The highest BCUT2D eigenvalue weighted by Crippen LogP contribution is 2.49. The molecular formula is C23H28O5. The monoisotopic (exact) mass is 384 g/mol. The number of carbonyl (C=O) groups excluding carboxylic acids is 1. The molecule has 0 radical (unpaired) electrons. The molecule has 0 aliphatic carbocycles. The van der Waals surface area contributed by atoms with E-state index >= 15 is 0 Å². The van der Waals surface area contributed by atoms with Crippen LogP contribution in [0.25, 0.3) is 0 Å². The minimum atomic E-state index is -0.241. The van der Waals surface area contributed by atoms with Gasteiger partial charge in [-0.25, -0.2) is 0 Å². The summed E-state index contributed by atoms with van der Waals surface area (Å²) in [6, 6.07) is 9.70. The van der Waals surface area contributed by atoms with Gasteiger partial charge >= 0.3 is 5.97 Å². The van der Waals surface area contributed by atoms with Crippen molar-refractivity contribution in [3.8, 4) is 23.0 Å². The molecule has 2 aromatic rings. The molecule has 0 fully saturated rings. The Morgan fingerprint density at radius 1 is 1.04 bits per heavy atom. The van der Waals surface area contributed by atoms with Crippen LogP contribution >= 0.6 is 0 Å². The van der Waals surface area contributed by atoms with Crippen LogP contribution in [-0.4, -0.2) is 27.3 Å². The number of rotatable bonds is 7. The van der Waals surface area contributed by atoms with Crippen molar-refractivity contribution in [2.45, 2.75) is 39.0 Å². The Balaban J connectivity index is 2.16. The molecule has 5 heteroatoms. The molecule has 0 N–H and O–H groups in total. The number of fused-ring (bicyclic) bond motifs is 1. The first kappa shape index (κ1) is 20.1. The van der Waals surface area contributed by atoms with Gasteiger partial charge in [-0.2, -0.15) is 0 Å². The lowest BCUT2D eigenvalue weighted by molar-refractivity contribution is -0.135. The van der Waals surface area contributed by atoms with Crippen LogP contribution in [0.1, 0.15) is 49.3 Å². The summed E-state index contributed by atoms with van der Waals surface area (Å²) in [5.41, 5.74) is 2.86. The summed E-state index contributed by atoms with van der Waals surface area (Å²) >= 11 is 0. The Labute approximate surface area is 166 Å². The molecule has 1 aliphatic heterocycles. The van der Waals surface area contributed by atoms with E-state index in [2.05, 4.69) is 13.8 Å². The fourth-order valence-corrected chi connectivity index (χ4v) is 3.68. The lowest BCUT2D eigenvalue weighted by Crippen LogP contribution is -2.23. The van der Waals surface area contributed by atoms with E-state index in [1.807, 2.05) is 30.3 Å². The van der Waals surface area contributed by atoms with Crippen LogP contribution in [-0.2, 0) is 11.2 Å². The van der Waals surface area contributed by atoms with E-state index in [9.17, 15) is 4.79 Å². The first-order chi connectivity index (χ1) is 13.5. The van der Waals surface area contributed by atoms with Crippen molar-refractivity contribution in [2.24, 2.45) is 5.92 Å². The number of methoxy groups -OCH3 is 3. The quantitative estimate of drug-likeness (QED) is 0.510. The first-order valence-corrected chi connectivity index (χ1v) is 9.60. The maximum absolute atomic E-state index is 12.5. The average molecular weight is 384 g/mol. The summed E-state index contributed by atoms with van der Waals surface area (Å²) in [5.74, 6) is 2.89. The second-order valence-electron chi connectivity index (χ2n) is 7.44. The molecule has 1 atom stereocenters. The van der Waals surface area contributed by atoms with Crippen molar-refractivity contribution in [3.63, 3.8) is 0 Å². The van der Waals surface area contributed by atoms with Gasteiger partial charge in [0, 0.05) is 23.1 Å². The lowest BCUT2D eigenvalue weighted by atomic mass is 9.83. The van der Waals surface area contributed by atoms with E-state index in [0.717, 1.165) is 35.3 Å². The molecule has 28 heavy (non-hydrogen) atoms. The van der Waals surface area contributed by atoms with Gasteiger partial charge in [0.1, 0.15) is 23.0 Å². The Bertz CT molecular complexity index is 839. The molecule has 1 heterocycles. The van der Waals surface area contributed by atoms with Gasteiger partial charge in [-0.15, -0.1) is 0 Å². The predicted octanol–water partition coefficient (Wildman–Crippen LogP) is 4.74. The Kier molecular flexibility index (Phi) is 6.12. The number of benzene rings is 2. The molecule has 2 aromatic carbocycles. The van der Waals surface area contributed by atoms with Crippen molar-refractivity contribution >= 4 is 5.97 Å². The molecule has 0 spiro atoms. The van der Waals surface area contributed by atoms with Crippen LogP contribution in [0.15, 0.2) is 30.3 Å². The van der Waals surface area contributed by atoms with E-state index in [4.69, 9.17) is 18.9 Å². The van der Waals surface area contributed by atoms with Gasteiger partial charge in [-0.1, -0.05) is 26.0 Å². The van der Waals surface area contributed by atoms with Crippen molar-refractivity contribution in [1.82, 2.24) is 0 Å². The van der Waals surface area contributed by atoms with Crippen molar-refractivity contribution in [2.75, 3.05) is 21.3 Å². The second kappa shape index (κ2) is 8.55. The standard InChI is InChI=1S/C23H28O5/c1-14(2)6-11-17-19(26-4)13-20(27-5)22-18(12-21(24)28-23(17)22)15-7-9-16(25-3)10-8-15/h7-10,13-14,18H,6,11-12H2,1-5H3. The Hall–Kier alpha value is -2.69. The first-order valence-electron chi connectivity index (χ1n) is 9.60. The van der Waals surface area contributed by atoms with E-state index in [-0.39, 0.29) is 18.3 Å². The summed E-state index contributed by atoms with van der Waals surface area (Å²) in [5, 5.41) is 0. The van der Waals surface area contributed by atoms with Gasteiger partial charge in [0.15, 0.2) is 0 Å². The molecule has 0 saturated carbocycles. The van der Waals surface area contributed by atoms with E-state index < -0.39 is 0 Å². The zero-order valence-corrected chi connectivity index (χ0v) is 17.2. The lowest BCUT2D eigenvalue weighted by Gasteiger charge is -2.29. The molecule has 1 aliphatic rings. The van der Waals surface area contributed by atoms with Gasteiger partial charge in [-0.05, 0) is 36.5 Å². The van der Waals surface area contributed by atoms with Gasteiger partial charge in [-0.3, -0.25) is 4.79 Å². The van der Waals surface area contributed by atoms with Crippen LogP contribution in [0, 0.1) is 5.92 Å². The smallest absolute Gasteiger partial charge is 0.312 e. The van der Waals surface area contributed by atoms with Gasteiger partial charge in [0.05, 0.1) is 27.8 Å². The van der Waals surface area contributed by atoms with Crippen LogP contribution in [0.5, 0.6) is 23.0 Å². The highest BCUT2D eigenvalue weighted by molar-refractivity contribution is 5.80. The molecule has 0 amide bonds. The minimum absolute atomic E-state index is 0.138. The Morgan fingerprint density at radius 3 is 2.29 bits per heavy atom. The van der Waals surface area contributed by atoms with Crippen LogP contribution in [0.3, 0.4) is 0 Å². The highest BCUT2D eigenvalue weighted by atomic mass is 16.5. The fraction of sp³-hybridized carbons (Fsp3) is 0.435. The van der Waals surface area contributed by atoms with Crippen molar-refractivity contribution < 1.29 is 23.7 Å². The average Bonchev–Trinajstić information content (AvgIpc) is 2.70. The zero-order chi connectivity index (χ0) is 20.3. The third-order valence-corrected chi connectivity index (χ3v) is 5.21.